The van der Waals surface area contributed by atoms with Gasteiger partial charge in [-0.3, -0.25) is 0 Å². The van der Waals surface area contributed by atoms with Gasteiger partial charge >= 0.3 is 6.09 Å². The molecule has 0 spiro atoms. The zero-order valence-electron chi connectivity index (χ0n) is 9.97. The van der Waals surface area contributed by atoms with Crippen molar-refractivity contribution in [2.24, 2.45) is 0 Å². The van der Waals surface area contributed by atoms with Gasteiger partial charge in [-0.2, -0.15) is 0 Å². The van der Waals surface area contributed by atoms with E-state index in [0.717, 1.165) is 5.56 Å². The highest BCUT2D eigenvalue weighted by atomic mass is 35.5. The van der Waals surface area contributed by atoms with E-state index < -0.39 is 0 Å². The van der Waals surface area contributed by atoms with Crippen LogP contribution >= 0.6 is 12.4 Å². The van der Waals surface area contributed by atoms with Crippen LogP contribution in [0.25, 0.3) is 10.8 Å². The minimum absolute atomic E-state index is 0. The third-order valence-corrected chi connectivity index (χ3v) is 3.22. The molecule has 18 heavy (non-hydrogen) atoms. The summed E-state index contributed by atoms with van der Waals surface area (Å²) in [5, 5.41) is 5.23. The number of cyclic esters (lactones) is 1. The third-order valence-electron chi connectivity index (χ3n) is 3.22. The fourth-order valence-corrected chi connectivity index (χ4v) is 2.33. The van der Waals surface area contributed by atoms with E-state index in [1.54, 1.807) is 0 Å². The van der Waals surface area contributed by atoms with Gasteiger partial charge in [0.2, 0.25) is 0 Å². The zero-order valence-corrected chi connectivity index (χ0v) is 10.8. The Morgan fingerprint density at radius 2 is 1.89 bits per heavy atom. The molecule has 3 nitrogen and oxygen atoms in total. The molecule has 1 saturated heterocycles. The van der Waals surface area contributed by atoms with E-state index in [1.807, 2.05) is 12.1 Å². The lowest BCUT2D eigenvalue weighted by Crippen LogP contribution is -2.18. The average molecular weight is 264 g/mol. The van der Waals surface area contributed by atoms with E-state index in [1.165, 1.54) is 16.3 Å². The number of nitrogens with one attached hydrogen (secondary N) is 1. The lowest BCUT2D eigenvalue weighted by Gasteiger charge is -2.12. The van der Waals surface area contributed by atoms with Crippen molar-refractivity contribution in [3.63, 3.8) is 0 Å². The first-order chi connectivity index (χ1) is 8.25. The van der Waals surface area contributed by atoms with Crippen LogP contribution in [0.5, 0.6) is 0 Å². The number of carbonyl (C=O) groups is 1. The van der Waals surface area contributed by atoms with Crippen molar-refractivity contribution in [3.05, 3.63) is 47.5 Å². The standard InChI is InChI=1S/C14H13NO2.ClH/c1-9-6-7-12(13-8-17-14(16)15-13)11-5-3-2-4-10(9)11;/h2-7,13H,8H2,1H3,(H,15,16);1H/t13-;/m1./s1. The molecular weight excluding hydrogens is 250 g/mol. The highest BCUT2D eigenvalue weighted by molar-refractivity contribution is 5.89. The van der Waals surface area contributed by atoms with Gasteiger partial charge in [0.05, 0.1) is 6.04 Å². The number of alkyl carbamates (subject to hydrolysis) is 1. The number of benzene rings is 2. The number of hydrogen-bond acceptors (Lipinski definition) is 2. The Balaban J connectivity index is 0.00000120. The van der Waals surface area contributed by atoms with Crippen LogP contribution in [0.15, 0.2) is 36.4 Å². The molecular formula is C14H14ClNO2. The van der Waals surface area contributed by atoms with Crippen LogP contribution in [0.3, 0.4) is 0 Å². The quantitative estimate of drug-likeness (QED) is 0.857. The Bertz CT molecular complexity index is 597. The molecule has 0 radical (unpaired) electrons. The van der Waals surface area contributed by atoms with Crippen LogP contribution in [0.4, 0.5) is 4.79 Å². The van der Waals surface area contributed by atoms with Crippen molar-refractivity contribution in [2.75, 3.05) is 6.61 Å². The maximum atomic E-state index is 11.1. The second kappa shape index (κ2) is 4.86. The average Bonchev–Trinajstić information content (AvgIpc) is 2.77. The maximum Gasteiger partial charge on any atom is 0.407 e. The number of halogens is 1. The molecule has 0 bridgehead atoms. The molecule has 1 heterocycles. The second-order valence-electron chi connectivity index (χ2n) is 4.31. The summed E-state index contributed by atoms with van der Waals surface area (Å²) >= 11 is 0. The number of carbonyl (C=O) groups excluding carboxylic acids is 1. The fourth-order valence-electron chi connectivity index (χ4n) is 2.33. The van der Waals surface area contributed by atoms with Gasteiger partial charge < -0.3 is 10.1 Å². The largest absolute Gasteiger partial charge is 0.447 e. The molecule has 1 fully saturated rings. The number of aryl methyl sites for hydroxylation is 1. The molecule has 94 valence electrons. The molecule has 1 aliphatic rings. The third kappa shape index (κ3) is 2.02. The molecule has 1 amide bonds. The van der Waals surface area contributed by atoms with Crippen molar-refractivity contribution in [1.82, 2.24) is 5.32 Å². The van der Waals surface area contributed by atoms with Gasteiger partial charge in [-0.05, 0) is 28.8 Å². The summed E-state index contributed by atoms with van der Waals surface area (Å²) in [7, 11) is 0. The summed E-state index contributed by atoms with van der Waals surface area (Å²) in [5.74, 6) is 0. The van der Waals surface area contributed by atoms with E-state index in [9.17, 15) is 4.79 Å². The Kier molecular flexibility index (Phi) is 3.43. The topological polar surface area (TPSA) is 38.3 Å². The predicted molar refractivity (Wildman–Crippen MR) is 73.2 cm³/mol. The lowest BCUT2D eigenvalue weighted by molar-refractivity contribution is 0.177. The van der Waals surface area contributed by atoms with Crippen LogP contribution in [0, 0.1) is 6.92 Å². The maximum absolute atomic E-state index is 11.1. The number of hydrogen-bond donors (Lipinski definition) is 1. The van der Waals surface area contributed by atoms with E-state index in [0.29, 0.717) is 6.61 Å². The van der Waals surface area contributed by atoms with Gasteiger partial charge in [-0.1, -0.05) is 36.4 Å². The van der Waals surface area contributed by atoms with Crippen molar-refractivity contribution < 1.29 is 9.53 Å². The molecule has 0 aromatic heterocycles. The number of rotatable bonds is 1. The Morgan fingerprint density at radius 1 is 1.17 bits per heavy atom. The first-order valence-corrected chi connectivity index (χ1v) is 5.67. The Morgan fingerprint density at radius 3 is 2.56 bits per heavy atom. The lowest BCUT2D eigenvalue weighted by atomic mass is 9.96. The van der Waals surface area contributed by atoms with Gasteiger partial charge in [0, 0.05) is 0 Å². The molecule has 1 atom stereocenters. The minimum Gasteiger partial charge on any atom is -0.447 e. The summed E-state index contributed by atoms with van der Waals surface area (Å²) in [4.78, 5) is 11.1. The molecule has 1 aliphatic heterocycles. The van der Waals surface area contributed by atoms with Crippen molar-refractivity contribution in [1.29, 1.82) is 0 Å². The van der Waals surface area contributed by atoms with E-state index >= 15 is 0 Å². The van der Waals surface area contributed by atoms with Crippen LogP contribution in [-0.4, -0.2) is 12.7 Å². The smallest absolute Gasteiger partial charge is 0.407 e. The fraction of sp³-hybridized carbons (Fsp3) is 0.214. The van der Waals surface area contributed by atoms with Crippen LogP contribution in [-0.2, 0) is 4.74 Å². The summed E-state index contributed by atoms with van der Waals surface area (Å²) in [6.45, 7) is 2.50. The summed E-state index contributed by atoms with van der Waals surface area (Å²) in [6.07, 6.45) is -0.334. The van der Waals surface area contributed by atoms with Crippen molar-refractivity contribution in [2.45, 2.75) is 13.0 Å². The van der Waals surface area contributed by atoms with Gasteiger partial charge in [-0.25, -0.2) is 4.79 Å². The number of fused-ring (bicyclic) bond motifs is 1. The van der Waals surface area contributed by atoms with Gasteiger partial charge in [0.25, 0.3) is 0 Å². The van der Waals surface area contributed by atoms with E-state index in [2.05, 4.69) is 36.5 Å². The molecule has 1 N–H and O–H groups in total. The molecule has 2 aromatic carbocycles. The molecule has 0 saturated carbocycles. The van der Waals surface area contributed by atoms with E-state index in [4.69, 9.17) is 4.74 Å². The van der Waals surface area contributed by atoms with Crippen LogP contribution in [0.2, 0.25) is 0 Å². The summed E-state index contributed by atoms with van der Waals surface area (Å²) < 4.78 is 4.95. The zero-order chi connectivity index (χ0) is 11.8. The van der Waals surface area contributed by atoms with Crippen LogP contribution in [0.1, 0.15) is 17.2 Å². The monoisotopic (exact) mass is 263 g/mol. The highest BCUT2D eigenvalue weighted by Crippen LogP contribution is 2.28. The second-order valence-corrected chi connectivity index (χ2v) is 4.31. The Hall–Kier alpha value is -1.74. The summed E-state index contributed by atoms with van der Waals surface area (Å²) in [6, 6.07) is 12.4. The van der Waals surface area contributed by atoms with Crippen molar-refractivity contribution >= 4 is 29.3 Å². The highest BCUT2D eigenvalue weighted by Gasteiger charge is 2.25. The normalized spacial score (nSPS) is 18.1. The van der Waals surface area contributed by atoms with Crippen LogP contribution < -0.4 is 5.32 Å². The minimum atomic E-state index is -0.334. The molecule has 0 unspecified atom stereocenters. The van der Waals surface area contributed by atoms with E-state index in [-0.39, 0.29) is 24.5 Å². The van der Waals surface area contributed by atoms with Gasteiger partial charge in [0.1, 0.15) is 6.61 Å². The first kappa shape index (κ1) is 12.7. The number of amides is 1. The summed E-state index contributed by atoms with van der Waals surface area (Å²) in [5.41, 5.74) is 2.37. The SMILES string of the molecule is Cc1ccc([C@H]2COC(=O)N2)c2ccccc12.Cl. The first-order valence-electron chi connectivity index (χ1n) is 5.67. The molecule has 4 heteroatoms. The van der Waals surface area contributed by atoms with Gasteiger partial charge in [-0.15, -0.1) is 12.4 Å². The van der Waals surface area contributed by atoms with Crippen molar-refractivity contribution in [3.8, 4) is 0 Å². The van der Waals surface area contributed by atoms with Gasteiger partial charge in [0.15, 0.2) is 0 Å². The molecule has 0 aliphatic carbocycles. The number of ether oxygens (including phenoxy) is 1. The predicted octanol–water partition coefficient (Wildman–Crippen LogP) is 3.35. The Labute approximate surface area is 112 Å². The molecule has 2 aromatic rings. The molecule has 3 rings (SSSR count).